The molecular weight excluding hydrogens is 330 g/mol. The lowest BCUT2D eigenvalue weighted by atomic mass is 10.1. The number of benzene rings is 2. The lowest BCUT2D eigenvalue weighted by molar-refractivity contribution is -0.111. The molecule has 0 unspecified atom stereocenters. The summed E-state index contributed by atoms with van der Waals surface area (Å²) in [6, 6.07) is 12.7. The van der Waals surface area contributed by atoms with E-state index in [1.165, 1.54) is 6.08 Å². The Kier molecular flexibility index (Phi) is 7.09. The molecule has 5 heteroatoms. The normalized spacial score (nSPS) is 10.8. The molecular formula is C21H25NO4. The Morgan fingerprint density at radius 2 is 1.73 bits per heavy atom. The zero-order chi connectivity index (χ0) is 18.9. The number of methoxy groups -OCH3 is 2. The van der Waals surface area contributed by atoms with Crippen LogP contribution in [0.2, 0.25) is 0 Å². The van der Waals surface area contributed by atoms with Crippen LogP contribution in [0.15, 0.2) is 48.5 Å². The third-order valence-corrected chi connectivity index (χ3v) is 3.56. The first-order chi connectivity index (χ1) is 12.5. The van der Waals surface area contributed by atoms with Crippen LogP contribution in [0.4, 0.5) is 5.69 Å². The summed E-state index contributed by atoms with van der Waals surface area (Å²) >= 11 is 0. The maximum absolute atomic E-state index is 12.1. The fourth-order valence-corrected chi connectivity index (χ4v) is 2.22. The summed E-state index contributed by atoms with van der Waals surface area (Å²) in [5.41, 5.74) is 1.47. The average Bonchev–Trinajstić information content (AvgIpc) is 2.65. The smallest absolute Gasteiger partial charge is 0.248 e. The molecule has 0 saturated carbocycles. The molecule has 0 aromatic heterocycles. The summed E-state index contributed by atoms with van der Waals surface area (Å²) in [5, 5.41) is 2.82. The Hall–Kier alpha value is -2.95. The van der Waals surface area contributed by atoms with Crippen LogP contribution in [0, 0.1) is 5.92 Å². The molecule has 0 fully saturated rings. The second kappa shape index (κ2) is 9.51. The summed E-state index contributed by atoms with van der Waals surface area (Å²) in [6.45, 7) is 4.85. The van der Waals surface area contributed by atoms with Crippen molar-refractivity contribution in [1.29, 1.82) is 0 Å². The van der Waals surface area contributed by atoms with E-state index in [9.17, 15) is 4.79 Å². The van der Waals surface area contributed by atoms with Gasteiger partial charge in [0.15, 0.2) is 0 Å². The molecule has 138 valence electrons. The molecule has 2 aromatic rings. The first kappa shape index (κ1) is 19.4. The zero-order valence-corrected chi connectivity index (χ0v) is 15.6. The number of nitrogens with one attached hydrogen (secondary N) is 1. The first-order valence-corrected chi connectivity index (χ1v) is 8.45. The number of anilines is 1. The van der Waals surface area contributed by atoms with Crippen LogP contribution in [0.3, 0.4) is 0 Å². The summed E-state index contributed by atoms with van der Waals surface area (Å²) < 4.78 is 16.1. The van der Waals surface area contributed by atoms with Gasteiger partial charge in [-0.25, -0.2) is 0 Å². The van der Waals surface area contributed by atoms with Crippen molar-refractivity contribution in [3.63, 3.8) is 0 Å². The number of carbonyl (C=O) groups is 1. The average molecular weight is 355 g/mol. The molecule has 26 heavy (non-hydrogen) atoms. The van der Waals surface area contributed by atoms with Crippen LogP contribution >= 0.6 is 0 Å². The molecule has 0 aliphatic heterocycles. The molecule has 1 N–H and O–H groups in total. The van der Waals surface area contributed by atoms with Crippen LogP contribution in [0.25, 0.3) is 6.08 Å². The van der Waals surface area contributed by atoms with Gasteiger partial charge in [0.2, 0.25) is 5.91 Å². The van der Waals surface area contributed by atoms with Crippen molar-refractivity contribution < 1.29 is 19.0 Å². The van der Waals surface area contributed by atoms with E-state index < -0.39 is 0 Å². The Morgan fingerprint density at radius 1 is 1.04 bits per heavy atom. The van der Waals surface area contributed by atoms with Crippen molar-refractivity contribution in [3.05, 3.63) is 54.1 Å². The first-order valence-electron chi connectivity index (χ1n) is 8.45. The minimum atomic E-state index is -0.231. The maximum Gasteiger partial charge on any atom is 0.248 e. The number of amides is 1. The molecule has 0 spiro atoms. The van der Waals surface area contributed by atoms with Crippen LogP contribution < -0.4 is 19.5 Å². The molecule has 0 saturated heterocycles. The molecule has 2 rings (SSSR count). The van der Waals surface area contributed by atoms with Crippen molar-refractivity contribution in [2.75, 3.05) is 26.1 Å². The van der Waals surface area contributed by atoms with Crippen LogP contribution in [-0.4, -0.2) is 26.7 Å². The van der Waals surface area contributed by atoms with E-state index in [0.717, 1.165) is 11.3 Å². The number of rotatable bonds is 8. The molecule has 0 aliphatic carbocycles. The van der Waals surface area contributed by atoms with Gasteiger partial charge < -0.3 is 19.5 Å². The third kappa shape index (κ3) is 5.84. The molecule has 0 aliphatic rings. The maximum atomic E-state index is 12.1. The zero-order valence-electron chi connectivity index (χ0n) is 15.6. The number of hydrogen-bond acceptors (Lipinski definition) is 4. The van der Waals surface area contributed by atoms with Gasteiger partial charge in [-0.2, -0.15) is 0 Å². The number of hydrogen-bond donors (Lipinski definition) is 1. The second-order valence-electron chi connectivity index (χ2n) is 6.16. The van der Waals surface area contributed by atoms with Gasteiger partial charge in [0.25, 0.3) is 0 Å². The fraction of sp³-hybridized carbons (Fsp3) is 0.286. The molecule has 0 heterocycles. The van der Waals surface area contributed by atoms with Crippen LogP contribution in [0.5, 0.6) is 17.2 Å². The predicted molar refractivity (Wildman–Crippen MR) is 104 cm³/mol. The fourth-order valence-electron chi connectivity index (χ4n) is 2.22. The molecule has 0 bridgehead atoms. The summed E-state index contributed by atoms with van der Waals surface area (Å²) in [5.74, 6) is 2.39. The summed E-state index contributed by atoms with van der Waals surface area (Å²) in [7, 11) is 3.18. The molecule has 1 amide bonds. The second-order valence-corrected chi connectivity index (χ2v) is 6.16. The van der Waals surface area contributed by atoms with Gasteiger partial charge in [-0.3, -0.25) is 4.79 Å². The highest BCUT2D eigenvalue weighted by molar-refractivity contribution is 6.02. The van der Waals surface area contributed by atoms with Gasteiger partial charge in [-0.1, -0.05) is 13.8 Å². The van der Waals surface area contributed by atoms with Gasteiger partial charge in [0.05, 0.1) is 20.8 Å². The van der Waals surface area contributed by atoms with Crippen molar-refractivity contribution in [2.45, 2.75) is 13.8 Å². The highest BCUT2D eigenvalue weighted by Gasteiger charge is 2.04. The van der Waals surface area contributed by atoms with Gasteiger partial charge in [-0.05, 0) is 54.5 Å². The van der Waals surface area contributed by atoms with E-state index in [2.05, 4.69) is 19.2 Å². The van der Waals surface area contributed by atoms with Gasteiger partial charge in [0.1, 0.15) is 17.2 Å². The quantitative estimate of drug-likeness (QED) is 0.714. The van der Waals surface area contributed by atoms with E-state index in [1.54, 1.807) is 32.4 Å². The third-order valence-electron chi connectivity index (χ3n) is 3.56. The van der Waals surface area contributed by atoms with Crippen molar-refractivity contribution in [1.82, 2.24) is 0 Å². The van der Waals surface area contributed by atoms with Crippen molar-refractivity contribution in [3.8, 4) is 17.2 Å². The van der Waals surface area contributed by atoms with Gasteiger partial charge in [0, 0.05) is 17.3 Å². The Labute approximate surface area is 154 Å². The van der Waals surface area contributed by atoms with Crippen LogP contribution in [-0.2, 0) is 4.79 Å². The monoisotopic (exact) mass is 355 g/mol. The van der Waals surface area contributed by atoms with Crippen molar-refractivity contribution in [2.24, 2.45) is 5.92 Å². The Balaban J connectivity index is 1.99. The summed E-state index contributed by atoms with van der Waals surface area (Å²) in [6.07, 6.45) is 3.15. The van der Waals surface area contributed by atoms with Crippen LogP contribution in [0.1, 0.15) is 19.4 Å². The predicted octanol–water partition coefficient (Wildman–Crippen LogP) is 4.39. The van der Waals surface area contributed by atoms with E-state index >= 15 is 0 Å². The van der Waals surface area contributed by atoms with Crippen molar-refractivity contribution >= 4 is 17.7 Å². The van der Waals surface area contributed by atoms with E-state index in [0.29, 0.717) is 29.7 Å². The Morgan fingerprint density at radius 3 is 2.35 bits per heavy atom. The molecule has 2 aromatic carbocycles. The molecule has 0 radical (unpaired) electrons. The SMILES string of the molecule is COc1ccc(OC)c(/C=C/C(=O)Nc2ccc(OCC(C)C)cc2)c1. The van der Waals surface area contributed by atoms with Gasteiger partial charge >= 0.3 is 0 Å². The van der Waals surface area contributed by atoms with Gasteiger partial charge in [-0.15, -0.1) is 0 Å². The topological polar surface area (TPSA) is 56.8 Å². The molecule has 0 atom stereocenters. The largest absolute Gasteiger partial charge is 0.497 e. The van der Waals surface area contributed by atoms with E-state index in [4.69, 9.17) is 14.2 Å². The van der Waals surface area contributed by atoms with E-state index in [-0.39, 0.29) is 5.91 Å². The number of carbonyl (C=O) groups excluding carboxylic acids is 1. The Bertz CT molecular complexity index is 751. The minimum Gasteiger partial charge on any atom is -0.497 e. The highest BCUT2D eigenvalue weighted by atomic mass is 16.5. The standard InChI is InChI=1S/C21H25NO4/c1-15(2)14-26-18-8-6-17(7-9-18)22-21(23)12-5-16-13-19(24-3)10-11-20(16)25-4/h5-13,15H,14H2,1-4H3,(H,22,23)/b12-5+. The lowest BCUT2D eigenvalue weighted by Gasteiger charge is -2.09. The summed E-state index contributed by atoms with van der Waals surface area (Å²) in [4.78, 5) is 12.1. The lowest BCUT2D eigenvalue weighted by Crippen LogP contribution is -2.08. The number of ether oxygens (including phenoxy) is 3. The minimum absolute atomic E-state index is 0.231. The van der Waals surface area contributed by atoms with E-state index in [1.807, 2.05) is 30.3 Å². The highest BCUT2D eigenvalue weighted by Crippen LogP contribution is 2.25. The molecule has 5 nitrogen and oxygen atoms in total.